The predicted octanol–water partition coefficient (Wildman–Crippen LogP) is 4.86. The van der Waals surface area contributed by atoms with Crippen LogP contribution in [0.4, 0.5) is 5.69 Å². The van der Waals surface area contributed by atoms with Crippen molar-refractivity contribution in [2.24, 2.45) is 11.3 Å². The van der Waals surface area contributed by atoms with Gasteiger partial charge in [0.2, 0.25) is 0 Å². The van der Waals surface area contributed by atoms with Crippen LogP contribution in [0.5, 0.6) is 0 Å². The smallest absolute Gasteiger partial charge is 0.0992 e. The van der Waals surface area contributed by atoms with E-state index in [1.807, 2.05) is 12.1 Å². The van der Waals surface area contributed by atoms with Crippen LogP contribution in [0.25, 0.3) is 0 Å². The number of nitriles is 1. The lowest BCUT2D eigenvalue weighted by molar-refractivity contribution is 0.220. The third-order valence-electron chi connectivity index (χ3n) is 4.37. The highest BCUT2D eigenvalue weighted by Gasteiger charge is 2.27. The molecule has 0 N–H and O–H groups in total. The summed E-state index contributed by atoms with van der Waals surface area (Å²) in [6.07, 6.45) is 3.70. The summed E-state index contributed by atoms with van der Waals surface area (Å²) in [6.45, 7) is 9.11. The molecule has 2 rings (SSSR count). The maximum absolute atomic E-state index is 8.91. The summed E-state index contributed by atoms with van der Waals surface area (Å²) in [6, 6.07) is 7.74. The molecule has 1 saturated heterocycles. The topological polar surface area (TPSA) is 27.0 Å². The summed E-state index contributed by atoms with van der Waals surface area (Å²) >= 11 is 6.33. The Morgan fingerprint density at radius 2 is 2.00 bits per heavy atom. The zero-order chi connectivity index (χ0) is 14.8. The van der Waals surface area contributed by atoms with Gasteiger partial charge in [-0.05, 0) is 48.8 Å². The third kappa shape index (κ3) is 3.46. The zero-order valence-corrected chi connectivity index (χ0v) is 13.4. The maximum atomic E-state index is 8.91. The van der Waals surface area contributed by atoms with Crippen molar-refractivity contribution in [3.63, 3.8) is 0 Å². The van der Waals surface area contributed by atoms with Gasteiger partial charge in [-0.2, -0.15) is 5.26 Å². The molecule has 0 amide bonds. The Balaban J connectivity index is 2.13. The van der Waals surface area contributed by atoms with Crippen LogP contribution in [0, 0.1) is 22.7 Å². The van der Waals surface area contributed by atoms with Crippen LogP contribution in [0.3, 0.4) is 0 Å². The molecule has 0 aliphatic carbocycles. The average Bonchev–Trinajstić information content (AvgIpc) is 2.63. The molecular formula is C17H23ClN2. The molecule has 1 aromatic carbocycles. The summed E-state index contributed by atoms with van der Waals surface area (Å²) in [5.74, 6) is 0.768. The lowest BCUT2D eigenvalue weighted by Crippen LogP contribution is -2.26. The first-order valence-corrected chi connectivity index (χ1v) is 7.74. The number of hydrogen-bond donors (Lipinski definition) is 0. The monoisotopic (exact) mass is 290 g/mol. The van der Waals surface area contributed by atoms with Gasteiger partial charge in [-0.25, -0.2) is 0 Å². The van der Waals surface area contributed by atoms with Crippen molar-refractivity contribution in [3.8, 4) is 6.07 Å². The second-order valence-electron chi connectivity index (χ2n) is 6.76. The first-order valence-electron chi connectivity index (χ1n) is 7.36. The fraction of sp³-hybridized carbons (Fsp3) is 0.588. The van der Waals surface area contributed by atoms with Crippen LogP contribution >= 0.6 is 11.6 Å². The summed E-state index contributed by atoms with van der Waals surface area (Å²) in [7, 11) is 0. The molecule has 2 nitrogen and oxygen atoms in total. The van der Waals surface area contributed by atoms with Crippen LogP contribution in [0.2, 0.25) is 5.02 Å². The van der Waals surface area contributed by atoms with Gasteiger partial charge in [0, 0.05) is 13.1 Å². The van der Waals surface area contributed by atoms with Gasteiger partial charge in [-0.15, -0.1) is 0 Å². The Kier molecular flexibility index (Phi) is 4.60. The van der Waals surface area contributed by atoms with Gasteiger partial charge in [-0.3, -0.25) is 0 Å². The molecule has 1 heterocycles. The van der Waals surface area contributed by atoms with Crippen LogP contribution in [-0.4, -0.2) is 13.1 Å². The molecule has 1 aliphatic rings. The number of halogens is 1. The Labute approximate surface area is 127 Å². The predicted molar refractivity (Wildman–Crippen MR) is 85.2 cm³/mol. The fourth-order valence-electron chi connectivity index (χ4n) is 3.04. The van der Waals surface area contributed by atoms with E-state index in [1.165, 1.54) is 19.3 Å². The standard InChI is InChI=1S/C17H23ClN2/c1-17(2,3)14-5-4-9-20(10-8-14)16-7-6-13(12-19)11-15(16)18/h6-7,11,14H,4-5,8-10H2,1-3H3. The van der Waals surface area contributed by atoms with Gasteiger partial charge in [0.05, 0.1) is 22.3 Å². The molecule has 0 radical (unpaired) electrons. The summed E-state index contributed by atoms with van der Waals surface area (Å²) in [5, 5.41) is 9.60. The third-order valence-corrected chi connectivity index (χ3v) is 4.67. The van der Waals surface area contributed by atoms with Gasteiger partial charge < -0.3 is 4.90 Å². The van der Waals surface area contributed by atoms with Gasteiger partial charge >= 0.3 is 0 Å². The Hall–Kier alpha value is -1.20. The molecule has 0 bridgehead atoms. The molecule has 0 spiro atoms. The first-order chi connectivity index (χ1) is 9.41. The van der Waals surface area contributed by atoms with E-state index in [9.17, 15) is 0 Å². The summed E-state index contributed by atoms with van der Waals surface area (Å²) < 4.78 is 0. The van der Waals surface area contributed by atoms with Crippen LogP contribution in [0.1, 0.15) is 45.6 Å². The molecule has 0 saturated carbocycles. The first kappa shape index (κ1) is 15.2. The minimum absolute atomic E-state index is 0.379. The second kappa shape index (κ2) is 6.06. The van der Waals surface area contributed by atoms with Crippen molar-refractivity contribution in [2.75, 3.05) is 18.0 Å². The molecular weight excluding hydrogens is 268 g/mol. The number of rotatable bonds is 1. The van der Waals surface area contributed by atoms with Crippen molar-refractivity contribution < 1.29 is 0 Å². The van der Waals surface area contributed by atoms with Crippen LogP contribution in [-0.2, 0) is 0 Å². The molecule has 1 fully saturated rings. The number of nitrogens with zero attached hydrogens (tertiary/aromatic N) is 2. The molecule has 1 aliphatic heterocycles. The van der Waals surface area contributed by atoms with E-state index >= 15 is 0 Å². The number of benzene rings is 1. The van der Waals surface area contributed by atoms with Crippen molar-refractivity contribution in [1.82, 2.24) is 0 Å². The Morgan fingerprint density at radius 3 is 2.60 bits per heavy atom. The van der Waals surface area contributed by atoms with E-state index in [-0.39, 0.29) is 0 Å². The maximum Gasteiger partial charge on any atom is 0.0992 e. The molecule has 1 unspecified atom stereocenters. The van der Waals surface area contributed by atoms with Gasteiger partial charge in [0.1, 0.15) is 0 Å². The van der Waals surface area contributed by atoms with Crippen molar-refractivity contribution in [2.45, 2.75) is 40.0 Å². The lowest BCUT2D eigenvalue weighted by Gasteiger charge is -2.30. The SMILES string of the molecule is CC(C)(C)C1CCCN(c2ccc(C#N)cc2Cl)CC1. The van der Waals surface area contributed by atoms with Crippen LogP contribution in [0.15, 0.2) is 18.2 Å². The summed E-state index contributed by atoms with van der Waals surface area (Å²) in [4.78, 5) is 2.37. The van der Waals surface area contributed by atoms with E-state index in [1.54, 1.807) is 6.07 Å². The largest absolute Gasteiger partial charge is 0.370 e. The van der Waals surface area contributed by atoms with Crippen molar-refractivity contribution >= 4 is 17.3 Å². The van der Waals surface area contributed by atoms with Crippen LogP contribution < -0.4 is 4.90 Å². The minimum atomic E-state index is 0.379. The van der Waals surface area contributed by atoms with Gasteiger partial charge in [-0.1, -0.05) is 32.4 Å². The van der Waals surface area contributed by atoms with Gasteiger partial charge in [0.15, 0.2) is 0 Å². The molecule has 1 aromatic rings. The van der Waals surface area contributed by atoms with E-state index in [2.05, 4.69) is 31.7 Å². The number of anilines is 1. The average molecular weight is 291 g/mol. The highest BCUT2D eigenvalue weighted by molar-refractivity contribution is 6.33. The molecule has 108 valence electrons. The van der Waals surface area contributed by atoms with Gasteiger partial charge in [0.25, 0.3) is 0 Å². The lowest BCUT2D eigenvalue weighted by atomic mass is 9.77. The molecule has 20 heavy (non-hydrogen) atoms. The minimum Gasteiger partial charge on any atom is -0.370 e. The number of hydrogen-bond acceptors (Lipinski definition) is 2. The van der Waals surface area contributed by atoms with E-state index in [4.69, 9.17) is 16.9 Å². The second-order valence-corrected chi connectivity index (χ2v) is 7.17. The molecule has 1 atom stereocenters. The Morgan fingerprint density at radius 1 is 1.25 bits per heavy atom. The zero-order valence-electron chi connectivity index (χ0n) is 12.6. The molecule has 0 aromatic heterocycles. The Bertz CT molecular complexity index is 511. The van der Waals surface area contributed by atoms with Crippen molar-refractivity contribution in [1.29, 1.82) is 5.26 Å². The fourth-order valence-corrected chi connectivity index (χ4v) is 3.34. The normalized spacial score (nSPS) is 20.4. The quantitative estimate of drug-likeness (QED) is 0.738. The van der Waals surface area contributed by atoms with Crippen molar-refractivity contribution in [3.05, 3.63) is 28.8 Å². The van der Waals surface area contributed by atoms with E-state index in [0.717, 1.165) is 24.7 Å². The van der Waals surface area contributed by atoms with E-state index < -0.39 is 0 Å². The molecule has 3 heteroatoms. The van der Waals surface area contributed by atoms with E-state index in [0.29, 0.717) is 16.0 Å². The highest BCUT2D eigenvalue weighted by atomic mass is 35.5. The summed E-state index contributed by atoms with van der Waals surface area (Å²) in [5.41, 5.74) is 2.08. The highest BCUT2D eigenvalue weighted by Crippen LogP contribution is 2.36.